The van der Waals surface area contributed by atoms with Gasteiger partial charge in [0.05, 0.1) is 12.6 Å². The van der Waals surface area contributed by atoms with E-state index in [1.807, 2.05) is 19.1 Å². The second-order valence-electron chi connectivity index (χ2n) is 5.37. The minimum absolute atomic E-state index is 0.107. The zero-order valence-corrected chi connectivity index (χ0v) is 13.3. The molecule has 2 rings (SSSR count). The van der Waals surface area contributed by atoms with Crippen LogP contribution in [-0.2, 0) is 13.6 Å². The largest absolute Gasteiger partial charge is 0.394 e. The van der Waals surface area contributed by atoms with Gasteiger partial charge in [0.15, 0.2) is 0 Å². The molecule has 1 atom stereocenters. The van der Waals surface area contributed by atoms with Crippen molar-refractivity contribution in [3.63, 3.8) is 0 Å². The van der Waals surface area contributed by atoms with E-state index >= 15 is 0 Å². The fourth-order valence-corrected chi connectivity index (χ4v) is 2.41. The molecular weight excluding hydrogens is 294 g/mol. The van der Waals surface area contributed by atoms with Crippen molar-refractivity contribution >= 4 is 5.91 Å². The van der Waals surface area contributed by atoms with Crippen molar-refractivity contribution in [2.45, 2.75) is 25.9 Å². The molecule has 0 saturated heterocycles. The summed E-state index contributed by atoms with van der Waals surface area (Å²) in [5.74, 6) is -0.371. The van der Waals surface area contributed by atoms with Gasteiger partial charge < -0.3 is 14.6 Å². The normalized spacial score (nSPS) is 12.0. The van der Waals surface area contributed by atoms with E-state index in [4.69, 9.17) is 0 Å². The molecule has 0 radical (unpaired) electrons. The van der Waals surface area contributed by atoms with E-state index in [2.05, 4.69) is 4.98 Å². The Morgan fingerprint density at radius 1 is 1.35 bits per heavy atom. The van der Waals surface area contributed by atoms with Crippen molar-refractivity contribution in [3.05, 3.63) is 64.3 Å². The van der Waals surface area contributed by atoms with Crippen LogP contribution in [0.4, 0.5) is 0 Å². The van der Waals surface area contributed by atoms with E-state index in [0.29, 0.717) is 13.0 Å². The van der Waals surface area contributed by atoms with Gasteiger partial charge in [0.2, 0.25) is 0 Å². The van der Waals surface area contributed by atoms with Crippen molar-refractivity contribution in [2.24, 2.45) is 7.05 Å². The number of carbonyl (C=O) groups is 1. The minimum Gasteiger partial charge on any atom is -0.394 e. The second kappa shape index (κ2) is 7.69. The standard InChI is InChI=1S/C17H21N3O3/c1-3-14(12-21)20(11-13-6-8-18-9-7-13)17(23)15-5-4-10-19(2)16(15)22/h4-10,14,21H,3,11-12H2,1-2H3/t14-/m1/s1. The zero-order chi connectivity index (χ0) is 16.8. The summed E-state index contributed by atoms with van der Waals surface area (Å²) in [6.45, 7) is 2.07. The average Bonchev–Trinajstić information content (AvgIpc) is 2.58. The minimum atomic E-state index is -0.371. The SMILES string of the molecule is CC[C@H](CO)N(Cc1ccncc1)C(=O)c1cccn(C)c1=O. The van der Waals surface area contributed by atoms with Gasteiger partial charge in [-0.15, -0.1) is 0 Å². The van der Waals surface area contributed by atoms with Crippen LogP contribution >= 0.6 is 0 Å². The molecular formula is C17H21N3O3. The highest BCUT2D eigenvalue weighted by molar-refractivity contribution is 5.94. The summed E-state index contributed by atoms with van der Waals surface area (Å²) in [5, 5.41) is 9.60. The van der Waals surface area contributed by atoms with Gasteiger partial charge in [0.25, 0.3) is 11.5 Å². The van der Waals surface area contributed by atoms with Crippen LogP contribution in [0, 0.1) is 0 Å². The van der Waals surface area contributed by atoms with E-state index in [9.17, 15) is 14.7 Å². The molecule has 1 amide bonds. The number of aliphatic hydroxyl groups excluding tert-OH is 1. The monoisotopic (exact) mass is 315 g/mol. The lowest BCUT2D eigenvalue weighted by molar-refractivity contribution is 0.0561. The molecule has 0 aliphatic carbocycles. The number of carbonyl (C=O) groups excluding carboxylic acids is 1. The maximum absolute atomic E-state index is 12.9. The molecule has 0 aliphatic heterocycles. The van der Waals surface area contributed by atoms with Crippen molar-refractivity contribution < 1.29 is 9.90 Å². The topological polar surface area (TPSA) is 75.4 Å². The molecule has 0 spiro atoms. The van der Waals surface area contributed by atoms with Gasteiger partial charge in [-0.05, 0) is 36.2 Å². The van der Waals surface area contributed by atoms with Crippen LogP contribution in [0.25, 0.3) is 0 Å². The molecule has 2 aromatic heterocycles. The van der Waals surface area contributed by atoms with Crippen LogP contribution in [-0.4, -0.2) is 38.1 Å². The second-order valence-corrected chi connectivity index (χ2v) is 5.37. The summed E-state index contributed by atoms with van der Waals surface area (Å²) in [6.07, 6.45) is 5.51. The van der Waals surface area contributed by atoms with Gasteiger partial charge in [0, 0.05) is 32.2 Å². The van der Waals surface area contributed by atoms with Gasteiger partial charge >= 0.3 is 0 Å². The Labute approximate surface area is 135 Å². The molecule has 0 unspecified atom stereocenters. The third-order valence-corrected chi connectivity index (χ3v) is 3.84. The third-order valence-electron chi connectivity index (χ3n) is 3.84. The number of aliphatic hydroxyl groups is 1. The first kappa shape index (κ1) is 16.9. The first-order chi connectivity index (χ1) is 11.1. The molecule has 6 nitrogen and oxygen atoms in total. The predicted molar refractivity (Wildman–Crippen MR) is 87.0 cm³/mol. The summed E-state index contributed by atoms with van der Waals surface area (Å²) in [4.78, 5) is 30.6. The number of hydrogen-bond acceptors (Lipinski definition) is 4. The summed E-state index contributed by atoms with van der Waals surface area (Å²) >= 11 is 0. The van der Waals surface area contributed by atoms with Crippen LogP contribution < -0.4 is 5.56 Å². The molecule has 0 aromatic carbocycles. The molecule has 0 bridgehead atoms. The Hall–Kier alpha value is -2.47. The van der Waals surface area contributed by atoms with Crippen molar-refractivity contribution in [3.8, 4) is 0 Å². The fourth-order valence-electron chi connectivity index (χ4n) is 2.41. The van der Waals surface area contributed by atoms with E-state index in [1.54, 1.807) is 36.6 Å². The van der Waals surface area contributed by atoms with E-state index in [1.165, 1.54) is 10.6 Å². The average molecular weight is 315 g/mol. The zero-order valence-electron chi connectivity index (χ0n) is 13.3. The summed E-state index contributed by atoms with van der Waals surface area (Å²) in [6, 6.07) is 6.47. The number of nitrogens with zero attached hydrogens (tertiary/aromatic N) is 3. The number of aromatic nitrogens is 2. The number of rotatable bonds is 6. The van der Waals surface area contributed by atoms with Gasteiger partial charge in [-0.1, -0.05) is 6.92 Å². The summed E-state index contributed by atoms with van der Waals surface area (Å²) in [5.41, 5.74) is 0.661. The smallest absolute Gasteiger partial charge is 0.263 e. The quantitative estimate of drug-likeness (QED) is 0.869. The van der Waals surface area contributed by atoms with Crippen LogP contribution in [0.5, 0.6) is 0 Å². The maximum Gasteiger partial charge on any atom is 0.263 e. The molecule has 0 fully saturated rings. The first-order valence-corrected chi connectivity index (χ1v) is 7.54. The lowest BCUT2D eigenvalue weighted by Crippen LogP contribution is -2.44. The third kappa shape index (κ3) is 3.84. The van der Waals surface area contributed by atoms with Crippen molar-refractivity contribution in [1.82, 2.24) is 14.5 Å². The predicted octanol–water partition coefficient (Wildman–Crippen LogP) is 1.19. The summed E-state index contributed by atoms with van der Waals surface area (Å²) < 4.78 is 1.37. The fraction of sp³-hybridized carbons (Fsp3) is 0.353. The van der Waals surface area contributed by atoms with Gasteiger partial charge in [-0.3, -0.25) is 14.6 Å². The van der Waals surface area contributed by atoms with Gasteiger partial charge in [-0.2, -0.15) is 0 Å². The number of pyridine rings is 2. The Morgan fingerprint density at radius 2 is 2.04 bits per heavy atom. The Morgan fingerprint density at radius 3 is 2.65 bits per heavy atom. The van der Waals surface area contributed by atoms with E-state index in [0.717, 1.165) is 5.56 Å². The molecule has 0 saturated carbocycles. The highest BCUT2D eigenvalue weighted by Crippen LogP contribution is 2.13. The van der Waals surface area contributed by atoms with Crippen molar-refractivity contribution in [1.29, 1.82) is 0 Å². The van der Waals surface area contributed by atoms with Crippen LogP contribution in [0.1, 0.15) is 29.3 Å². The molecule has 1 N–H and O–H groups in total. The molecule has 2 aromatic rings. The highest BCUT2D eigenvalue weighted by atomic mass is 16.3. The van der Waals surface area contributed by atoms with Crippen molar-refractivity contribution in [2.75, 3.05) is 6.61 Å². The van der Waals surface area contributed by atoms with E-state index in [-0.39, 0.29) is 29.7 Å². The molecule has 2 heterocycles. The Kier molecular flexibility index (Phi) is 5.65. The molecule has 0 aliphatic rings. The van der Waals surface area contributed by atoms with Gasteiger partial charge in [0.1, 0.15) is 5.56 Å². The van der Waals surface area contributed by atoms with Crippen LogP contribution in [0.15, 0.2) is 47.7 Å². The lowest BCUT2D eigenvalue weighted by atomic mass is 10.1. The Balaban J connectivity index is 2.38. The highest BCUT2D eigenvalue weighted by Gasteiger charge is 2.25. The Bertz CT molecular complexity index is 709. The van der Waals surface area contributed by atoms with Crippen LogP contribution in [0.3, 0.4) is 0 Å². The summed E-state index contributed by atoms with van der Waals surface area (Å²) in [7, 11) is 1.61. The van der Waals surface area contributed by atoms with Gasteiger partial charge in [-0.25, -0.2) is 0 Å². The molecule has 6 heteroatoms. The van der Waals surface area contributed by atoms with E-state index < -0.39 is 0 Å². The maximum atomic E-state index is 12.9. The number of hydrogen-bond donors (Lipinski definition) is 1. The number of amides is 1. The molecule has 23 heavy (non-hydrogen) atoms. The number of aryl methyl sites for hydroxylation is 1. The lowest BCUT2D eigenvalue weighted by Gasteiger charge is -2.30. The van der Waals surface area contributed by atoms with Crippen LogP contribution in [0.2, 0.25) is 0 Å². The first-order valence-electron chi connectivity index (χ1n) is 7.54. The molecule has 122 valence electrons.